The molecule has 0 aliphatic rings. The summed E-state index contributed by atoms with van der Waals surface area (Å²) in [6.45, 7) is 0. The van der Waals surface area contributed by atoms with E-state index in [2.05, 4.69) is 10.9 Å². The van der Waals surface area contributed by atoms with Gasteiger partial charge in [-0.15, -0.1) is 12.3 Å². The van der Waals surface area contributed by atoms with Crippen LogP contribution in [0.3, 0.4) is 0 Å². The van der Waals surface area contributed by atoms with Crippen molar-refractivity contribution in [3.63, 3.8) is 0 Å². The summed E-state index contributed by atoms with van der Waals surface area (Å²) >= 11 is 0. The predicted molar refractivity (Wildman–Crippen MR) is 46.4 cm³/mol. The maximum absolute atomic E-state index is 12.1. The fourth-order valence-electron chi connectivity index (χ4n) is 0.957. The first-order valence-corrected chi connectivity index (χ1v) is 3.99. The molecule has 14 heavy (non-hydrogen) atoms. The molecule has 0 atom stereocenters. The van der Waals surface area contributed by atoms with E-state index >= 15 is 0 Å². The van der Waals surface area contributed by atoms with Crippen molar-refractivity contribution < 1.29 is 13.2 Å². The van der Waals surface area contributed by atoms with Gasteiger partial charge in [0.05, 0.1) is 0 Å². The van der Waals surface area contributed by atoms with Gasteiger partial charge in [-0.2, -0.15) is 13.2 Å². The number of alkyl halides is 3. The highest BCUT2D eigenvalue weighted by atomic mass is 19.4. The number of hydrogen-bond acceptors (Lipinski definition) is 1. The summed E-state index contributed by atoms with van der Waals surface area (Å²) in [4.78, 5) is 3.31. The van der Waals surface area contributed by atoms with Crippen LogP contribution in [0.1, 0.15) is 17.7 Å². The van der Waals surface area contributed by atoms with Crippen LogP contribution in [-0.4, -0.2) is 4.98 Å². The van der Waals surface area contributed by atoms with Crippen LogP contribution < -0.4 is 0 Å². The fourth-order valence-corrected chi connectivity index (χ4v) is 0.957. The molecule has 1 aromatic heterocycles. The molecular weight excluding hydrogens is 191 g/mol. The number of pyridine rings is 1. The second kappa shape index (κ2) is 4.14. The van der Waals surface area contributed by atoms with Crippen molar-refractivity contribution in [2.45, 2.75) is 19.0 Å². The Morgan fingerprint density at radius 2 is 2.07 bits per heavy atom. The Kier molecular flexibility index (Phi) is 3.13. The summed E-state index contributed by atoms with van der Waals surface area (Å²) in [6, 6.07) is 2.36. The Hall–Kier alpha value is -1.50. The van der Waals surface area contributed by atoms with Crippen molar-refractivity contribution in [3.05, 3.63) is 29.6 Å². The van der Waals surface area contributed by atoms with Crippen LogP contribution in [-0.2, 0) is 12.6 Å². The van der Waals surface area contributed by atoms with Gasteiger partial charge in [-0.3, -0.25) is 4.98 Å². The third-order valence-electron chi connectivity index (χ3n) is 1.67. The minimum atomic E-state index is -4.37. The first-order valence-electron chi connectivity index (χ1n) is 3.99. The maximum Gasteiger partial charge on any atom is 0.433 e. The Bertz CT molecular complexity index is 332. The van der Waals surface area contributed by atoms with Crippen LogP contribution in [0.4, 0.5) is 13.2 Å². The van der Waals surface area contributed by atoms with E-state index < -0.39 is 11.9 Å². The molecule has 0 unspecified atom stereocenters. The lowest BCUT2D eigenvalue weighted by atomic mass is 10.1. The highest BCUT2D eigenvalue weighted by Gasteiger charge is 2.31. The molecule has 4 heteroatoms. The Morgan fingerprint density at radius 3 is 2.50 bits per heavy atom. The highest BCUT2D eigenvalue weighted by molar-refractivity contribution is 5.16. The zero-order valence-corrected chi connectivity index (χ0v) is 7.30. The quantitative estimate of drug-likeness (QED) is 0.667. The van der Waals surface area contributed by atoms with E-state index in [0.29, 0.717) is 12.8 Å². The second-order valence-electron chi connectivity index (χ2n) is 2.75. The second-order valence-corrected chi connectivity index (χ2v) is 2.75. The lowest BCUT2D eigenvalue weighted by Gasteiger charge is -2.05. The van der Waals surface area contributed by atoms with Crippen LogP contribution in [0, 0.1) is 12.3 Å². The predicted octanol–water partition coefficient (Wildman–Crippen LogP) is 2.67. The molecule has 1 heterocycles. The normalized spacial score (nSPS) is 11.0. The largest absolute Gasteiger partial charge is 0.433 e. The molecule has 0 saturated carbocycles. The number of aromatic nitrogens is 1. The number of hydrogen-bond donors (Lipinski definition) is 0. The molecule has 0 amide bonds. The van der Waals surface area contributed by atoms with Gasteiger partial charge in [0.15, 0.2) is 0 Å². The topological polar surface area (TPSA) is 12.9 Å². The van der Waals surface area contributed by atoms with Crippen molar-refractivity contribution in [2.75, 3.05) is 0 Å². The monoisotopic (exact) mass is 199 g/mol. The standard InChI is InChI=1S/C10H8F3N/c1-2-3-4-8-5-6-9(14-7-8)10(11,12)13/h1,5-7H,3-4H2. The van der Waals surface area contributed by atoms with Gasteiger partial charge in [0.1, 0.15) is 5.69 Å². The molecule has 0 aromatic carbocycles. The zero-order valence-electron chi connectivity index (χ0n) is 7.30. The molecular formula is C10H8F3N. The Morgan fingerprint density at radius 1 is 1.36 bits per heavy atom. The first kappa shape index (κ1) is 10.6. The molecule has 0 saturated heterocycles. The van der Waals surface area contributed by atoms with Gasteiger partial charge in [-0.05, 0) is 18.1 Å². The number of nitrogens with zero attached hydrogens (tertiary/aromatic N) is 1. The smallest absolute Gasteiger partial charge is 0.252 e. The molecule has 0 bridgehead atoms. The Balaban J connectivity index is 2.75. The van der Waals surface area contributed by atoms with E-state index in [0.717, 1.165) is 11.6 Å². The summed E-state index contributed by atoms with van der Waals surface area (Å²) in [5, 5.41) is 0. The minimum absolute atomic E-state index is 0.507. The summed E-state index contributed by atoms with van der Waals surface area (Å²) in [5.74, 6) is 2.41. The number of halogens is 3. The molecule has 1 nitrogen and oxygen atoms in total. The van der Waals surface area contributed by atoms with Crippen LogP contribution in [0.5, 0.6) is 0 Å². The lowest BCUT2D eigenvalue weighted by molar-refractivity contribution is -0.141. The van der Waals surface area contributed by atoms with E-state index in [1.54, 1.807) is 0 Å². The van der Waals surface area contributed by atoms with Crippen molar-refractivity contribution in [3.8, 4) is 12.3 Å². The summed E-state index contributed by atoms with van der Waals surface area (Å²) < 4.78 is 36.2. The average Bonchev–Trinajstić information content (AvgIpc) is 2.14. The van der Waals surface area contributed by atoms with E-state index in [9.17, 15) is 13.2 Å². The summed E-state index contributed by atoms with van der Waals surface area (Å²) in [6.07, 6.45) is 2.93. The molecule has 0 spiro atoms. The number of terminal acetylenes is 1. The molecule has 1 rings (SSSR count). The molecule has 0 fully saturated rings. The SMILES string of the molecule is C#CCCc1ccc(C(F)(F)F)nc1. The first-order chi connectivity index (χ1) is 6.54. The van der Waals surface area contributed by atoms with E-state index in [1.165, 1.54) is 12.3 Å². The molecule has 0 N–H and O–H groups in total. The van der Waals surface area contributed by atoms with Crippen molar-refractivity contribution in [2.24, 2.45) is 0 Å². The van der Waals surface area contributed by atoms with Gasteiger partial charge in [-0.25, -0.2) is 0 Å². The number of aryl methyl sites for hydroxylation is 1. The minimum Gasteiger partial charge on any atom is -0.252 e. The van der Waals surface area contributed by atoms with Crippen LogP contribution in [0.2, 0.25) is 0 Å². The van der Waals surface area contributed by atoms with Gasteiger partial charge in [0.2, 0.25) is 0 Å². The van der Waals surface area contributed by atoms with E-state index in [-0.39, 0.29) is 0 Å². The average molecular weight is 199 g/mol. The Labute approximate surface area is 80.0 Å². The molecule has 1 aromatic rings. The molecule has 74 valence electrons. The van der Waals surface area contributed by atoms with Gasteiger partial charge >= 0.3 is 6.18 Å². The van der Waals surface area contributed by atoms with Crippen molar-refractivity contribution in [1.29, 1.82) is 0 Å². The van der Waals surface area contributed by atoms with Crippen LogP contribution >= 0.6 is 0 Å². The zero-order chi connectivity index (χ0) is 10.6. The van der Waals surface area contributed by atoms with Gasteiger partial charge in [0, 0.05) is 12.6 Å². The van der Waals surface area contributed by atoms with Crippen molar-refractivity contribution >= 4 is 0 Å². The van der Waals surface area contributed by atoms with E-state index in [1.807, 2.05) is 0 Å². The van der Waals surface area contributed by atoms with Crippen LogP contribution in [0.25, 0.3) is 0 Å². The maximum atomic E-state index is 12.1. The van der Waals surface area contributed by atoms with Gasteiger partial charge in [-0.1, -0.05) is 6.07 Å². The summed E-state index contributed by atoms with van der Waals surface area (Å²) in [5.41, 5.74) is -0.155. The molecule has 0 aliphatic heterocycles. The fraction of sp³-hybridized carbons (Fsp3) is 0.300. The molecule has 0 radical (unpaired) electrons. The van der Waals surface area contributed by atoms with Gasteiger partial charge in [0.25, 0.3) is 0 Å². The van der Waals surface area contributed by atoms with Crippen molar-refractivity contribution in [1.82, 2.24) is 4.98 Å². The van der Waals surface area contributed by atoms with Gasteiger partial charge < -0.3 is 0 Å². The highest BCUT2D eigenvalue weighted by Crippen LogP contribution is 2.27. The third kappa shape index (κ3) is 2.77. The summed E-state index contributed by atoms with van der Waals surface area (Å²) in [7, 11) is 0. The lowest BCUT2D eigenvalue weighted by Crippen LogP contribution is -2.07. The third-order valence-corrected chi connectivity index (χ3v) is 1.67. The van der Waals surface area contributed by atoms with Crippen LogP contribution in [0.15, 0.2) is 18.3 Å². The number of rotatable bonds is 2. The van der Waals surface area contributed by atoms with E-state index in [4.69, 9.17) is 6.42 Å². The molecule has 0 aliphatic carbocycles.